The van der Waals surface area contributed by atoms with Crippen LogP contribution in [0.3, 0.4) is 0 Å². The highest BCUT2D eigenvalue weighted by molar-refractivity contribution is 5.66. The van der Waals surface area contributed by atoms with Crippen LogP contribution in [0, 0.1) is 17.6 Å². The lowest BCUT2D eigenvalue weighted by atomic mass is 9.89. The number of halogens is 5. The monoisotopic (exact) mass is 327 g/mol. The van der Waals surface area contributed by atoms with Crippen molar-refractivity contribution in [3.05, 3.63) is 59.2 Å². The van der Waals surface area contributed by atoms with E-state index in [9.17, 15) is 22.0 Å². The van der Waals surface area contributed by atoms with Crippen molar-refractivity contribution in [3.63, 3.8) is 0 Å². The van der Waals surface area contributed by atoms with Gasteiger partial charge in [0.25, 0.3) is 0 Å². The number of rotatable bonds is 3. The van der Waals surface area contributed by atoms with E-state index in [1.165, 1.54) is 12.1 Å². The zero-order valence-electron chi connectivity index (χ0n) is 12.1. The van der Waals surface area contributed by atoms with Gasteiger partial charge in [-0.15, -0.1) is 0 Å². The second-order valence-electron chi connectivity index (χ2n) is 5.72. The van der Waals surface area contributed by atoms with E-state index in [0.29, 0.717) is 13.1 Å². The molecule has 2 aromatic carbocycles. The Labute approximate surface area is 130 Å². The van der Waals surface area contributed by atoms with Crippen molar-refractivity contribution in [1.82, 2.24) is 5.32 Å². The van der Waals surface area contributed by atoms with Crippen LogP contribution in [0.15, 0.2) is 36.4 Å². The Morgan fingerprint density at radius 1 is 1.00 bits per heavy atom. The van der Waals surface area contributed by atoms with Gasteiger partial charge in [0.2, 0.25) is 0 Å². The van der Waals surface area contributed by atoms with Crippen molar-refractivity contribution in [3.8, 4) is 11.1 Å². The second-order valence-corrected chi connectivity index (χ2v) is 5.72. The molecule has 1 fully saturated rings. The number of hydrogen-bond donors (Lipinski definition) is 1. The Morgan fingerprint density at radius 2 is 1.74 bits per heavy atom. The lowest BCUT2D eigenvalue weighted by Crippen LogP contribution is -2.43. The van der Waals surface area contributed by atoms with Crippen LogP contribution in [-0.2, 0) is 12.6 Å². The fraction of sp³-hybridized carbons (Fsp3) is 0.294. The highest BCUT2D eigenvalue weighted by Gasteiger charge is 2.34. The quantitative estimate of drug-likeness (QED) is 0.823. The maximum Gasteiger partial charge on any atom is 0.416 e. The summed E-state index contributed by atoms with van der Waals surface area (Å²) in [5.74, 6) is -1.17. The van der Waals surface area contributed by atoms with Crippen molar-refractivity contribution in [1.29, 1.82) is 0 Å². The summed E-state index contributed by atoms with van der Waals surface area (Å²) in [4.78, 5) is 0. The third-order valence-electron chi connectivity index (χ3n) is 4.02. The first-order valence-corrected chi connectivity index (χ1v) is 7.21. The van der Waals surface area contributed by atoms with Gasteiger partial charge in [0, 0.05) is 5.56 Å². The zero-order valence-corrected chi connectivity index (χ0v) is 12.1. The van der Waals surface area contributed by atoms with Crippen molar-refractivity contribution in [2.24, 2.45) is 5.92 Å². The molecule has 1 saturated heterocycles. The Morgan fingerprint density at radius 3 is 2.35 bits per heavy atom. The topological polar surface area (TPSA) is 12.0 Å². The smallest absolute Gasteiger partial charge is 0.316 e. The van der Waals surface area contributed by atoms with Crippen LogP contribution >= 0.6 is 0 Å². The SMILES string of the molecule is Fc1ccc(F)c(-c2ccc(C(F)(F)F)c(CC3CNC3)c2)c1. The Balaban J connectivity index is 2.05. The van der Waals surface area contributed by atoms with Crippen LogP contribution in [0.2, 0.25) is 0 Å². The maximum atomic E-state index is 13.9. The number of hydrogen-bond acceptors (Lipinski definition) is 1. The second kappa shape index (κ2) is 5.92. The highest BCUT2D eigenvalue weighted by atomic mass is 19.4. The van der Waals surface area contributed by atoms with E-state index < -0.39 is 23.4 Å². The molecular formula is C17H14F5N. The molecule has 3 rings (SSSR count). The first kappa shape index (κ1) is 15.9. The molecule has 1 heterocycles. The number of alkyl halides is 3. The summed E-state index contributed by atoms with van der Waals surface area (Å²) < 4.78 is 66.6. The molecule has 0 saturated carbocycles. The Bertz CT molecular complexity index is 719. The minimum Gasteiger partial charge on any atom is -0.316 e. The summed E-state index contributed by atoms with van der Waals surface area (Å²) in [6, 6.07) is 6.39. The average molecular weight is 327 g/mol. The van der Waals surface area contributed by atoms with Crippen molar-refractivity contribution in [2.45, 2.75) is 12.6 Å². The van der Waals surface area contributed by atoms with E-state index in [4.69, 9.17) is 0 Å². The predicted molar refractivity (Wildman–Crippen MR) is 76.9 cm³/mol. The van der Waals surface area contributed by atoms with Gasteiger partial charge in [0.15, 0.2) is 0 Å². The molecule has 122 valence electrons. The summed E-state index contributed by atoms with van der Waals surface area (Å²) in [7, 11) is 0. The van der Waals surface area contributed by atoms with Gasteiger partial charge in [-0.2, -0.15) is 13.2 Å². The summed E-state index contributed by atoms with van der Waals surface area (Å²) in [6.07, 6.45) is -4.21. The van der Waals surface area contributed by atoms with Gasteiger partial charge in [0.05, 0.1) is 5.56 Å². The van der Waals surface area contributed by atoms with Crippen LogP contribution in [0.25, 0.3) is 11.1 Å². The lowest BCUT2D eigenvalue weighted by Gasteiger charge is -2.28. The van der Waals surface area contributed by atoms with Gasteiger partial charge in [-0.05, 0) is 60.8 Å². The molecule has 0 aromatic heterocycles. The largest absolute Gasteiger partial charge is 0.416 e. The summed E-state index contributed by atoms with van der Waals surface area (Å²) in [5, 5.41) is 3.01. The first-order valence-electron chi connectivity index (χ1n) is 7.21. The molecule has 1 aliphatic heterocycles. The molecule has 0 spiro atoms. The maximum absolute atomic E-state index is 13.9. The summed E-state index contributed by atoms with van der Waals surface area (Å²) in [6.45, 7) is 1.33. The van der Waals surface area contributed by atoms with Crippen LogP contribution in [0.5, 0.6) is 0 Å². The molecule has 1 aliphatic rings. The Hall–Kier alpha value is -1.95. The molecule has 0 radical (unpaired) electrons. The molecule has 1 nitrogen and oxygen atoms in total. The third kappa shape index (κ3) is 3.37. The average Bonchev–Trinajstić information content (AvgIpc) is 2.44. The molecule has 0 bridgehead atoms. The van der Waals surface area contributed by atoms with Crippen LogP contribution < -0.4 is 5.32 Å². The normalized spacial score (nSPS) is 15.5. The molecule has 0 aliphatic carbocycles. The van der Waals surface area contributed by atoms with Crippen molar-refractivity contribution < 1.29 is 22.0 Å². The van der Waals surface area contributed by atoms with E-state index in [-0.39, 0.29) is 29.0 Å². The molecule has 0 atom stereocenters. The van der Waals surface area contributed by atoms with Crippen molar-refractivity contribution in [2.75, 3.05) is 13.1 Å². The zero-order chi connectivity index (χ0) is 16.6. The minimum absolute atomic E-state index is 0.0355. The van der Waals surface area contributed by atoms with Gasteiger partial charge in [-0.1, -0.05) is 12.1 Å². The Kier molecular flexibility index (Phi) is 4.10. The van der Waals surface area contributed by atoms with Gasteiger partial charge in [0.1, 0.15) is 11.6 Å². The highest BCUT2D eigenvalue weighted by Crippen LogP contribution is 2.36. The van der Waals surface area contributed by atoms with E-state index in [1.54, 1.807) is 0 Å². The molecule has 2 aromatic rings. The van der Waals surface area contributed by atoms with E-state index in [1.807, 2.05) is 0 Å². The minimum atomic E-state index is -4.47. The number of benzene rings is 2. The predicted octanol–water partition coefficient (Wildman–Crippen LogP) is 4.41. The van der Waals surface area contributed by atoms with Crippen LogP contribution in [-0.4, -0.2) is 13.1 Å². The molecule has 1 N–H and O–H groups in total. The van der Waals surface area contributed by atoms with Gasteiger partial charge in [-0.3, -0.25) is 0 Å². The van der Waals surface area contributed by atoms with E-state index in [0.717, 1.165) is 24.3 Å². The van der Waals surface area contributed by atoms with Gasteiger partial charge in [-0.25, -0.2) is 8.78 Å². The standard InChI is InChI=1S/C17H14F5N/c18-13-2-4-16(19)14(7-13)11-1-3-15(17(20,21)22)12(6-11)5-10-8-23-9-10/h1-4,6-7,10,23H,5,8-9H2. The summed E-state index contributed by atoms with van der Waals surface area (Å²) in [5.41, 5.74) is -0.390. The van der Waals surface area contributed by atoms with Gasteiger partial charge >= 0.3 is 6.18 Å². The lowest BCUT2D eigenvalue weighted by molar-refractivity contribution is -0.138. The van der Waals surface area contributed by atoms with Crippen LogP contribution in [0.4, 0.5) is 22.0 Å². The van der Waals surface area contributed by atoms with Crippen LogP contribution in [0.1, 0.15) is 11.1 Å². The molecule has 23 heavy (non-hydrogen) atoms. The third-order valence-corrected chi connectivity index (χ3v) is 4.02. The molecule has 6 heteroatoms. The van der Waals surface area contributed by atoms with E-state index >= 15 is 0 Å². The first-order chi connectivity index (χ1) is 10.8. The fourth-order valence-corrected chi connectivity index (χ4v) is 2.73. The molecular weight excluding hydrogens is 313 g/mol. The number of nitrogens with one attached hydrogen (secondary N) is 1. The van der Waals surface area contributed by atoms with Crippen molar-refractivity contribution >= 4 is 0 Å². The summed E-state index contributed by atoms with van der Waals surface area (Å²) >= 11 is 0. The fourth-order valence-electron chi connectivity index (χ4n) is 2.73. The molecule has 0 unspecified atom stereocenters. The molecule has 0 amide bonds. The van der Waals surface area contributed by atoms with E-state index in [2.05, 4.69) is 5.32 Å². The van der Waals surface area contributed by atoms with Gasteiger partial charge < -0.3 is 5.32 Å².